The van der Waals surface area contributed by atoms with E-state index in [4.69, 9.17) is 10.2 Å². The lowest BCUT2D eigenvalue weighted by molar-refractivity contribution is -0.136. The third-order valence-corrected chi connectivity index (χ3v) is 3.26. The number of carbonyl (C=O) groups is 1. The van der Waals surface area contributed by atoms with Crippen molar-refractivity contribution in [2.45, 2.75) is 13.0 Å². The van der Waals surface area contributed by atoms with Crippen LogP contribution in [0.2, 0.25) is 0 Å². The standard InChI is InChI=1S/C10H13NO5S/c12-7-8-2-1-3-9(6-8)11-17(15,16)5-4-10(13)14/h1-3,6,11-12H,4-5,7H2,(H,13,14). The quantitative estimate of drug-likeness (QED) is 0.685. The first-order chi connectivity index (χ1) is 7.93. The fourth-order valence-corrected chi connectivity index (χ4v) is 2.22. The second-order valence-electron chi connectivity index (χ2n) is 3.42. The molecule has 0 fully saturated rings. The van der Waals surface area contributed by atoms with Crippen molar-refractivity contribution in [3.05, 3.63) is 29.8 Å². The van der Waals surface area contributed by atoms with E-state index in [1.54, 1.807) is 12.1 Å². The molecule has 0 unspecified atom stereocenters. The van der Waals surface area contributed by atoms with Crippen LogP contribution >= 0.6 is 0 Å². The number of anilines is 1. The minimum atomic E-state index is -3.67. The molecule has 0 spiro atoms. The number of carboxylic acids is 1. The van der Waals surface area contributed by atoms with Crippen molar-refractivity contribution < 1.29 is 23.4 Å². The Bertz CT molecular complexity index is 497. The van der Waals surface area contributed by atoms with Gasteiger partial charge in [-0.1, -0.05) is 12.1 Å². The van der Waals surface area contributed by atoms with E-state index in [1.165, 1.54) is 12.1 Å². The van der Waals surface area contributed by atoms with Gasteiger partial charge in [-0.25, -0.2) is 8.42 Å². The third kappa shape index (κ3) is 4.83. The van der Waals surface area contributed by atoms with Gasteiger partial charge in [-0.3, -0.25) is 9.52 Å². The molecule has 1 aromatic carbocycles. The molecule has 0 saturated heterocycles. The Balaban J connectivity index is 2.72. The van der Waals surface area contributed by atoms with E-state index in [9.17, 15) is 13.2 Å². The highest BCUT2D eigenvalue weighted by Crippen LogP contribution is 2.12. The summed E-state index contributed by atoms with van der Waals surface area (Å²) >= 11 is 0. The molecule has 7 heteroatoms. The maximum Gasteiger partial charge on any atom is 0.304 e. The molecular weight excluding hydrogens is 246 g/mol. The molecule has 0 heterocycles. The van der Waals surface area contributed by atoms with Gasteiger partial charge in [0.25, 0.3) is 0 Å². The number of hydrogen-bond acceptors (Lipinski definition) is 4. The van der Waals surface area contributed by atoms with Crippen molar-refractivity contribution in [2.24, 2.45) is 0 Å². The van der Waals surface area contributed by atoms with Crippen LogP contribution in [0, 0.1) is 0 Å². The number of aliphatic hydroxyl groups is 1. The predicted octanol–water partition coefficient (Wildman–Crippen LogP) is 0.395. The summed E-state index contributed by atoms with van der Waals surface area (Å²) < 4.78 is 25.2. The van der Waals surface area contributed by atoms with Crippen LogP contribution in [-0.4, -0.2) is 30.4 Å². The van der Waals surface area contributed by atoms with Gasteiger partial charge in [-0.2, -0.15) is 0 Å². The van der Waals surface area contributed by atoms with Crippen LogP contribution in [0.1, 0.15) is 12.0 Å². The monoisotopic (exact) mass is 259 g/mol. The Morgan fingerprint density at radius 2 is 2.06 bits per heavy atom. The molecule has 0 amide bonds. The summed E-state index contributed by atoms with van der Waals surface area (Å²) in [6.45, 7) is -0.190. The topological polar surface area (TPSA) is 104 Å². The number of carboxylic acid groups (broad SMARTS) is 1. The smallest absolute Gasteiger partial charge is 0.304 e. The van der Waals surface area contributed by atoms with E-state index in [1.807, 2.05) is 0 Å². The summed E-state index contributed by atoms with van der Waals surface area (Å²) in [5.41, 5.74) is 0.880. The van der Waals surface area contributed by atoms with Crippen LogP contribution in [0.4, 0.5) is 5.69 Å². The van der Waals surface area contributed by atoms with Gasteiger partial charge < -0.3 is 10.2 Å². The Kier molecular flexibility index (Phi) is 4.47. The first-order valence-corrected chi connectivity index (χ1v) is 6.50. The molecule has 3 N–H and O–H groups in total. The summed E-state index contributed by atoms with van der Waals surface area (Å²) in [5, 5.41) is 17.3. The zero-order valence-corrected chi connectivity index (χ0v) is 9.77. The van der Waals surface area contributed by atoms with Crippen molar-refractivity contribution >= 4 is 21.7 Å². The molecule has 0 radical (unpaired) electrons. The van der Waals surface area contributed by atoms with Crippen molar-refractivity contribution in [1.82, 2.24) is 0 Å². The van der Waals surface area contributed by atoms with Crippen molar-refractivity contribution in [3.8, 4) is 0 Å². The minimum absolute atomic E-state index is 0.190. The molecular formula is C10H13NO5S. The third-order valence-electron chi connectivity index (χ3n) is 1.97. The van der Waals surface area contributed by atoms with E-state index >= 15 is 0 Å². The molecule has 1 rings (SSSR count). The molecule has 0 atom stereocenters. The highest BCUT2D eigenvalue weighted by Gasteiger charge is 2.12. The van der Waals surface area contributed by atoms with Gasteiger partial charge >= 0.3 is 5.97 Å². The van der Waals surface area contributed by atoms with Crippen LogP contribution in [0.15, 0.2) is 24.3 Å². The summed E-state index contributed by atoms with van der Waals surface area (Å²) in [6, 6.07) is 6.26. The number of aliphatic hydroxyl groups excluding tert-OH is 1. The molecule has 17 heavy (non-hydrogen) atoms. The van der Waals surface area contributed by atoms with Gasteiger partial charge in [0.1, 0.15) is 0 Å². The maximum atomic E-state index is 11.5. The van der Waals surface area contributed by atoms with Gasteiger partial charge in [-0.15, -0.1) is 0 Å². The fraction of sp³-hybridized carbons (Fsp3) is 0.300. The number of hydrogen-bond donors (Lipinski definition) is 3. The Hall–Kier alpha value is -1.60. The molecule has 6 nitrogen and oxygen atoms in total. The molecule has 0 bridgehead atoms. The van der Waals surface area contributed by atoms with Crippen molar-refractivity contribution in [2.75, 3.05) is 10.5 Å². The molecule has 94 valence electrons. The minimum Gasteiger partial charge on any atom is -0.481 e. The van der Waals surface area contributed by atoms with Crippen molar-refractivity contribution in [1.29, 1.82) is 0 Å². The van der Waals surface area contributed by atoms with E-state index in [-0.39, 0.29) is 6.61 Å². The largest absolute Gasteiger partial charge is 0.481 e. The van der Waals surface area contributed by atoms with Crippen LogP contribution in [0.5, 0.6) is 0 Å². The molecule has 0 saturated carbocycles. The maximum absolute atomic E-state index is 11.5. The Morgan fingerprint density at radius 3 is 2.65 bits per heavy atom. The highest BCUT2D eigenvalue weighted by molar-refractivity contribution is 7.92. The molecule has 0 aliphatic carbocycles. The van der Waals surface area contributed by atoms with Gasteiger partial charge in [0.05, 0.1) is 18.8 Å². The first-order valence-electron chi connectivity index (χ1n) is 4.85. The van der Waals surface area contributed by atoms with E-state index in [0.29, 0.717) is 11.3 Å². The lowest BCUT2D eigenvalue weighted by atomic mass is 10.2. The summed E-state index contributed by atoms with van der Waals surface area (Å²) in [4.78, 5) is 10.3. The lowest BCUT2D eigenvalue weighted by Gasteiger charge is -2.07. The van der Waals surface area contributed by atoms with Crippen molar-refractivity contribution in [3.63, 3.8) is 0 Å². The van der Waals surface area contributed by atoms with Crippen LogP contribution in [-0.2, 0) is 21.4 Å². The van der Waals surface area contributed by atoms with E-state index in [2.05, 4.69) is 4.72 Å². The van der Waals surface area contributed by atoms with Gasteiger partial charge in [0.15, 0.2) is 0 Å². The Labute approximate surface area is 99.0 Å². The van der Waals surface area contributed by atoms with Gasteiger partial charge in [-0.05, 0) is 17.7 Å². The molecule has 0 aliphatic heterocycles. The van der Waals surface area contributed by atoms with Crippen LogP contribution < -0.4 is 4.72 Å². The van der Waals surface area contributed by atoms with Crippen LogP contribution in [0.25, 0.3) is 0 Å². The van der Waals surface area contributed by atoms with E-state index < -0.39 is 28.2 Å². The zero-order valence-electron chi connectivity index (χ0n) is 8.96. The van der Waals surface area contributed by atoms with Gasteiger partial charge in [0.2, 0.25) is 10.0 Å². The summed E-state index contributed by atoms with van der Waals surface area (Å²) in [7, 11) is -3.67. The SMILES string of the molecule is O=C(O)CCS(=O)(=O)Nc1cccc(CO)c1. The van der Waals surface area contributed by atoms with Gasteiger partial charge in [0, 0.05) is 5.69 Å². The number of aliphatic carboxylic acids is 1. The van der Waals surface area contributed by atoms with E-state index in [0.717, 1.165) is 0 Å². The highest BCUT2D eigenvalue weighted by atomic mass is 32.2. The number of benzene rings is 1. The Morgan fingerprint density at radius 1 is 1.35 bits per heavy atom. The second-order valence-corrected chi connectivity index (χ2v) is 5.27. The summed E-state index contributed by atoms with van der Waals surface area (Å²) in [6.07, 6.45) is -0.449. The lowest BCUT2D eigenvalue weighted by Crippen LogP contribution is -2.18. The predicted molar refractivity (Wildman–Crippen MR) is 62.0 cm³/mol. The normalized spacial score (nSPS) is 11.1. The average molecular weight is 259 g/mol. The molecule has 0 aliphatic rings. The molecule has 0 aromatic heterocycles. The first kappa shape index (κ1) is 13.5. The summed E-state index contributed by atoms with van der Waals surface area (Å²) in [5.74, 6) is -1.65. The second kappa shape index (κ2) is 5.65. The number of rotatable bonds is 6. The molecule has 1 aromatic rings. The van der Waals surface area contributed by atoms with Crippen LogP contribution in [0.3, 0.4) is 0 Å². The zero-order chi connectivity index (χ0) is 12.9. The number of sulfonamides is 1. The number of nitrogens with one attached hydrogen (secondary N) is 1. The fourth-order valence-electron chi connectivity index (χ4n) is 1.19. The average Bonchev–Trinajstić information content (AvgIpc) is 2.26.